The molecule has 0 saturated carbocycles. The van der Waals surface area contributed by atoms with Crippen molar-refractivity contribution < 1.29 is 14.3 Å². The second-order valence-corrected chi connectivity index (χ2v) is 4.31. The quantitative estimate of drug-likeness (QED) is 0.890. The smallest absolute Gasteiger partial charge is 0.251 e. The highest BCUT2D eigenvalue weighted by molar-refractivity contribution is 5.94. The first-order valence-corrected chi connectivity index (χ1v) is 5.88. The molecular weight excluding hydrogens is 245 g/mol. The van der Waals surface area contributed by atoms with Gasteiger partial charge in [-0.25, -0.2) is 4.39 Å². The van der Waals surface area contributed by atoms with Crippen molar-refractivity contribution in [2.75, 3.05) is 0 Å². The number of nitrogens with one attached hydrogen (secondary N) is 1. The van der Waals surface area contributed by atoms with E-state index in [-0.39, 0.29) is 17.5 Å². The number of aromatic hydroxyl groups is 1. The van der Waals surface area contributed by atoms with Gasteiger partial charge in [0.2, 0.25) is 0 Å². The largest absolute Gasteiger partial charge is 0.508 e. The van der Waals surface area contributed by atoms with Gasteiger partial charge in [0.05, 0.1) is 0 Å². The molecule has 0 aliphatic rings. The van der Waals surface area contributed by atoms with Gasteiger partial charge in [-0.05, 0) is 48.4 Å². The molecule has 0 spiro atoms. The van der Waals surface area contributed by atoms with Gasteiger partial charge in [-0.2, -0.15) is 0 Å². The molecule has 0 heterocycles. The fraction of sp³-hybridized carbons (Fsp3) is 0.133. The molecule has 0 unspecified atom stereocenters. The summed E-state index contributed by atoms with van der Waals surface area (Å²) in [7, 11) is 0. The SMILES string of the molecule is Cc1cc(C(=O)NCc2ccc(O)cc2)ccc1F. The number of rotatable bonds is 3. The highest BCUT2D eigenvalue weighted by atomic mass is 19.1. The van der Waals surface area contributed by atoms with Gasteiger partial charge in [0.15, 0.2) is 0 Å². The van der Waals surface area contributed by atoms with E-state index in [4.69, 9.17) is 5.11 Å². The minimum absolute atomic E-state index is 0.184. The van der Waals surface area contributed by atoms with E-state index in [0.29, 0.717) is 17.7 Å². The second kappa shape index (κ2) is 5.52. The third kappa shape index (κ3) is 3.31. The highest BCUT2D eigenvalue weighted by Crippen LogP contribution is 2.11. The van der Waals surface area contributed by atoms with Gasteiger partial charge >= 0.3 is 0 Å². The van der Waals surface area contributed by atoms with Crippen LogP contribution in [-0.4, -0.2) is 11.0 Å². The van der Waals surface area contributed by atoms with Gasteiger partial charge in [0.1, 0.15) is 11.6 Å². The zero-order valence-corrected chi connectivity index (χ0v) is 10.5. The van der Waals surface area contributed by atoms with Crippen molar-refractivity contribution in [3.8, 4) is 5.75 Å². The molecular formula is C15H14FNO2. The van der Waals surface area contributed by atoms with E-state index < -0.39 is 0 Å². The Bertz CT molecular complexity index is 594. The van der Waals surface area contributed by atoms with E-state index in [1.54, 1.807) is 31.2 Å². The number of hydrogen-bond acceptors (Lipinski definition) is 2. The molecule has 2 rings (SSSR count). The molecule has 98 valence electrons. The Morgan fingerprint density at radius 2 is 1.89 bits per heavy atom. The van der Waals surface area contributed by atoms with Crippen LogP contribution in [0, 0.1) is 12.7 Å². The average molecular weight is 259 g/mol. The first-order chi connectivity index (χ1) is 9.06. The van der Waals surface area contributed by atoms with Crippen molar-refractivity contribution >= 4 is 5.91 Å². The van der Waals surface area contributed by atoms with Crippen LogP contribution < -0.4 is 5.32 Å². The summed E-state index contributed by atoms with van der Waals surface area (Å²) in [5, 5.41) is 11.9. The molecule has 0 fully saturated rings. The van der Waals surface area contributed by atoms with Gasteiger partial charge in [-0.1, -0.05) is 12.1 Å². The predicted molar refractivity (Wildman–Crippen MR) is 70.4 cm³/mol. The Hall–Kier alpha value is -2.36. The summed E-state index contributed by atoms with van der Waals surface area (Å²) >= 11 is 0. The monoisotopic (exact) mass is 259 g/mol. The molecule has 19 heavy (non-hydrogen) atoms. The third-order valence-corrected chi connectivity index (χ3v) is 2.81. The Kier molecular flexibility index (Phi) is 3.80. The van der Waals surface area contributed by atoms with Crippen LogP contribution >= 0.6 is 0 Å². The molecule has 3 nitrogen and oxygen atoms in total. The van der Waals surface area contributed by atoms with Crippen LogP contribution in [0.3, 0.4) is 0 Å². The summed E-state index contributed by atoms with van der Waals surface area (Å²) in [4.78, 5) is 11.9. The molecule has 2 N–H and O–H groups in total. The Balaban J connectivity index is 2.01. The number of carbonyl (C=O) groups excluding carboxylic acids is 1. The number of carbonyl (C=O) groups is 1. The van der Waals surface area contributed by atoms with Gasteiger partial charge in [-0.15, -0.1) is 0 Å². The van der Waals surface area contributed by atoms with Crippen LogP contribution in [-0.2, 0) is 6.54 Å². The molecule has 0 bridgehead atoms. The number of phenolic OH excluding ortho intramolecular Hbond substituents is 1. The molecule has 0 saturated heterocycles. The second-order valence-electron chi connectivity index (χ2n) is 4.31. The fourth-order valence-electron chi connectivity index (χ4n) is 1.68. The van der Waals surface area contributed by atoms with Crippen molar-refractivity contribution in [3.05, 3.63) is 65.0 Å². The van der Waals surface area contributed by atoms with Gasteiger partial charge in [-0.3, -0.25) is 4.79 Å². The van der Waals surface area contributed by atoms with E-state index in [9.17, 15) is 9.18 Å². The summed E-state index contributed by atoms with van der Waals surface area (Å²) in [5.41, 5.74) is 1.75. The van der Waals surface area contributed by atoms with Crippen LogP contribution in [0.4, 0.5) is 4.39 Å². The average Bonchev–Trinajstić information content (AvgIpc) is 2.41. The van der Waals surface area contributed by atoms with E-state index >= 15 is 0 Å². The lowest BCUT2D eigenvalue weighted by Crippen LogP contribution is -2.22. The third-order valence-electron chi connectivity index (χ3n) is 2.81. The molecule has 4 heteroatoms. The van der Waals surface area contributed by atoms with Crippen LogP contribution in [0.5, 0.6) is 5.75 Å². The zero-order valence-electron chi connectivity index (χ0n) is 10.5. The van der Waals surface area contributed by atoms with Crippen molar-refractivity contribution in [2.24, 2.45) is 0 Å². The maximum absolute atomic E-state index is 13.1. The standard InChI is InChI=1S/C15H14FNO2/c1-10-8-12(4-7-14(10)16)15(19)17-9-11-2-5-13(18)6-3-11/h2-8,18H,9H2,1H3,(H,17,19). The number of hydrogen-bond donors (Lipinski definition) is 2. The summed E-state index contributed by atoms with van der Waals surface area (Å²) in [6, 6.07) is 10.8. The molecule has 0 radical (unpaired) electrons. The van der Waals surface area contributed by atoms with E-state index in [1.165, 1.54) is 18.2 Å². The summed E-state index contributed by atoms with van der Waals surface area (Å²) < 4.78 is 13.1. The van der Waals surface area contributed by atoms with Crippen molar-refractivity contribution in [2.45, 2.75) is 13.5 Å². The topological polar surface area (TPSA) is 49.3 Å². The lowest BCUT2D eigenvalue weighted by Gasteiger charge is -2.06. The first-order valence-electron chi connectivity index (χ1n) is 5.88. The Labute approximate surface area is 110 Å². The van der Waals surface area contributed by atoms with Crippen LogP contribution in [0.15, 0.2) is 42.5 Å². The molecule has 0 aliphatic carbocycles. The molecule has 0 aromatic heterocycles. The van der Waals surface area contributed by atoms with Gasteiger partial charge in [0.25, 0.3) is 5.91 Å². The van der Waals surface area contributed by atoms with Crippen molar-refractivity contribution in [1.82, 2.24) is 5.32 Å². The van der Waals surface area contributed by atoms with Crippen LogP contribution in [0.2, 0.25) is 0 Å². The van der Waals surface area contributed by atoms with E-state index in [2.05, 4.69) is 5.32 Å². The molecule has 2 aromatic carbocycles. The maximum Gasteiger partial charge on any atom is 0.251 e. The van der Waals surface area contributed by atoms with E-state index in [0.717, 1.165) is 5.56 Å². The zero-order chi connectivity index (χ0) is 13.8. The number of benzene rings is 2. The van der Waals surface area contributed by atoms with Crippen molar-refractivity contribution in [1.29, 1.82) is 0 Å². The highest BCUT2D eigenvalue weighted by Gasteiger charge is 2.07. The summed E-state index contributed by atoms with van der Waals surface area (Å²) in [6.45, 7) is 1.97. The number of aryl methyl sites for hydroxylation is 1. The number of amides is 1. The minimum atomic E-state index is -0.324. The Morgan fingerprint density at radius 3 is 2.53 bits per heavy atom. The maximum atomic E-state index is 13.1. The molecule has 0 atom stereocenters. The normalized spacial score (nSPS) is 10.2. The minimum Gasteiger partial charge on any atom is -0.508 e. The lowest BCUT2D eigenvalue weighted by atomic mass is 10.1. The van der Waals surface area contributed by atoms with Crippen LogP contribution in [0.1, 0.15) is 21.5 Å². The van der Waals surface area contributed by atoms with Gasteiger partial charge < -0.3 is 10.4 Å². The lowest BCUT2D eigenvalue weighted by molar-refractivity contribution is 0.0951. The first kappa shape index (κ1) is 13.1. The summed E-state index contributed by atoms with van der Waals surface area (Å²) in [5.74, 6) is -0.393. The predicted octanol–water partition coefficient (Wildman–Crippen LogP) is 2.77. The van der Waals surface area contributed by atoms with E-state index in [1.807, 2.05) is 0 Å². The number of halogens is 1. The molecule has 1 amide bonds. The molecule has 0 aliphatic heterocycles. The van der Waals surface area contributed by atoms with Gasteiger partial charge in [0, 0.05) is 12.1 Å². The number of phenols is 1. The molecule has 2 aromatic rings. The Morgan fingerprint density at radius 1 is 1.21 bits per heavy atom. The van der Waals surface area contributed by atoms with Crippen molar-refractivity contribution in [3.63, 3.8) is 0 Å². The fourth-order valence-corrected chi connectivity index (χ4v) is 1.68. The summed E-state index contributed by atoms with van der Waals surface area (Å²) in [6.07, 6.45) is 0. The van der Waals surface area contributed by atoms with Crippen LogP contribution in [0.25, 0.3) is 0 Å².